The van der Waals surface area contributed by atoms with Crippen LogP contribution in [0.15, 0.2) is 35.9 Å². The van der Waals surface area contributed by atoms with Crippen molar-refractivity contribution in [1.29, 1.82) is 0 Å². The molecule has 0 saturated carbocycles. The maximum absolute atomic E-state index is 12.7. The second-order valence-corrected chi connectivity index (χ2v) is 8.90. The number of ketones is 2. The number of fused-ring (bicyclic) bond motifs is 1. The van der Waals surface area contributed by atoms with Crippen molar-refractivity contribution in [3.8, 4) is 0 Å². The van der Waals surface area contributed by atoms with E-state index in [1.807, 2.05) is 13.8 Å². The summed E-state index contributed by atoms with van der Waals surface area (Å²) in [6.07, 6.45) is 10.8. The number of allylic oxidation sites excluding steroid dienone is 2. The first kappa shape index (κ1) is 23.1. The molecule has 29 heavy (non-hydrogen) atoms. The zero-order valence-corrected chi connectivity index (χ0v) is 18.2. The van der Waals surface area contributed by atoms with Gasteiger partial charge in [-0.05, 0) is 24.3 Å². The Kier molecular flexibility index (Phi) is 8.81. The van der Waals surface area contributed by atoms with Gasteiger partial charge in [0.05, 0.1) is 0 Å². The minimum atomic E-state index is -0.302. The standard InChI is InChI=1S/C25H35NO3/c1-4-5-6-7-8-9-10-15-23(28)26-18-25(2,3)17-19-16-22(27)20-13-11-12-14-21(20)24(19)29/h11-14,16H,4-10,15,17-18H2,1-3H3,(H,26,28). The summed E-state index contributed by atoms with van der Waals surface area (Å²) in [7, 11) is 0. The molecule has 0 fully saturated rings. The van der Waals surface area contributed by atoms with Crippen LogP contribution >= 0.6 is 0 Å². The summed E-state index contributed by atoms with van der Waals surface area (Å²) in [6.45, 7) is 6.73. The Morgan fingerprint density at radius 1 is 0.931 bits per heavy atom. The van der Waals surface area contributed by atoms with Crippen LogP contribution in [0.1, 0.15) is 99.3 Å². The summed E-state index contributed by atoms with van der Waals surface area (Å²) in [5.41, 5.74) is 1.18. The molecule has 0 radical (unpaired) electrons. The van der Waals surface area contributed by atoms with Crippen molar-refractivity contribution >= 4 is 17.5 Å². The van der Waals surface area contributed by atoms with Crippen molar-refractivity contribution in [1.82, 2.24) is 5.32 Å². The van der Waals surface area contributed by atoms with Gasteiger partial charge in [0.25, 0.3) is 0 Å². The highest BCUT2D eigenvalue weighted by Crippen LogP contribution is 2.30. The van der Waals surface area contributed by atoms with Gasteiger partial charge >= 0.3 is 0 Å². The number of unbranched alkanes of at least 4 members (excludes halogenated alkanes) is 6. The van der Waals surface area contributed by atoms with E-state index in [0.29, 0.717) is 36.1 Å². The number of hydrogen-bond acceptors (Lipinski definition) is 3. The number of carbonyl (C=O) groups is 3. The summed E-state index contributed by atoms with van der Waals surface area (Å²) < 4.78 is 0. The molecule has 1 aliphatic carbocycles. The molecule has 2 rings (SSSR count). The van der Waals surface area contributed by atoms with E-state index in [9.17, 15) is 14.4 Å². The minimum Gasteiger partial charge on any atom is -0.356 e. The molecule has 0 aliphatic heterocycles. The maximum Gasteiger partial charge on any atom is 0.220 e. The Balaban J connectivity index is 1.76. The van der Waals surface area contributed by atoms with Crippen LogP contribution in [0.3, 0.4) is 0 Å². The van der Waals surface area contributed by atoms with Gasteiger partial charge in [0, 0.05) is 29.7 Å². The maximum atomic E-state index is 12.7. The fraction of sp³-hybridized carbons (Fsp3) is 0.560. The highest BCUT2D eigenvalue weighted by atomic mass is 16.2. The van der Waals surface area contributed by atoms with Crippen molar-refractivity contribution in [3.05, 3.63) is 47.0 Å². The van der Waals surface area contributed by atoms with Gasteiger partial charge in [-0.3, -0.25) is 14.4 Å². The van der Waals surface area contributed by atoms with Crippen LogP contribution in [0.5, 0.6) is 0 Å². The third-order valence-electron chi connectivity index (χ3n) is 5.47. The Bertz CT molecular complexity index is 761. The van der Waals surface area contributed by atoms with Crippen molar-refractivity contribution in [3.63, 3.8) is 0 Å². The van der Waals surface area contributed by atoms with Crippen LogP contribution in [0, 0.1) is 5.41 Å². The van der Waals surface area contributed by atoms with Crippen molar-refractivity contribution in [2.45, 2.75) is 78.6 Å². The van der Waals surface area contributed by atoms with Crippen LogP contribution in [-0.2, 0) is 4.79 Å². The molecule has 0 unspecified atom stereocenters. The zero-order valence-electron chi connectivity index (χ0n) is 18.2. The van der Waals surface area contributed by atoms with Crippen LogP contribution in [-0.4, -0.2) is 24.0 Å². The summed E-state index contributed by atoms with van der Waals surface area (Å²) >= 11 is 0. The van der Waals surface area contributed by atoms with E-state index in [1.54, 1.807) is 24.3 Å². The van der Waals surface area contributed by atoms with E-state index in [-0.39, 0.29) is 22.9 Å². The first-order chi connectivity index (χ1) is 13.8. The average Bonchev–Trinajstić information content (AvgIpc) is 2.69. The highest BCUT2D eigenvalue weighted by molar-refractivity contribution is 6.24. The Labute approximate surface area is 175 Å². The number of Topliss-reactive ketones (excluding diaryl/α,β-unsaturated/α-hetero) is 1. The molecule has 0 atom stereocenters. The number of benzene rings is 1. The van der Waals surface area contributed by atoms with Crippen LogP contribution in [0.4, 0.5) is 0 Å². The summed E-state index contributed by atoms with van der Waals surface area (Å²) in [4.78, 5) is 37.2. The quantitative estimate of drug-likeness (QED) is 0.463. The molecule has 1 amide bonds. The molecule has 0 saturated heterocycles. The van der Waals surface area contributed by atoms with Gasteiger partial charge in [-0.1, -0.05) is 83.6 Å². The van der Waals surface area contributed by atoms with E-state index >= 15 is 0 Å². The molecule has 0 spiro atoms. The van der Waals surface area contributed by atoms with Gasteiger partial charge in [0.15, 0.2) is 11.6 Å². The topological polar surface area (TPSA) is 63.2 Å². The second-order valence-electron chi connectivity index (χ2n) is 8.90. The number of hydrogen-bond donors (Lipinski definition) is 1. The fourth-order valence-corrected chi connectivity index (χ4v) is 3.75. The molecule has 0 aromatic heterocycles. The van der Waals surface area contributed by atoms with Gasteiger partial charge in [-0.25, -0.2) is 0 Å². The number of nitrogens with one attached hydrogen (secondary N) is 1. The van der Waals surface area contributed by atoms with E-state index in [1.165, 1.54) is 38.2 Å². The summed E-state index contributed by atoms with van der Waals surface area (Å²) in [6, 6.07) is 6.95. The third kappa shape index (κ3) is 7.26. The molecule has 1 aromatic rings. The van der Waals surface area contributed by atoms with Gasteiger partial charge in [-0.15, -0.1) is 0 Å². The predicted octanol–water partition coefficient (Wildman–Crippen LogP) is 5.67. The van der Waals surface area contributed by atoms with E-state index in [2.05, 4.69) is 12.2 Å². The van der Waals surface area contributed by atoms with Gasteiger partial charge in [0.2, 0.25) is 5.91 Å². The molecule has 1 N–H and O–H groups in total. The van der Waals surface area contributed by atoms with Crippen molar-refractivity contribution < 1.29 is 14.4 Å². The lowest BCUT2D eigenvalue weighted by Gasteiger charge is -2.27. The van der Waals surface area contributed by atoms with Crippen molar-refractivity contribution in [2.75, 3.05) is 6.54 Å². The van der Waals surface area contributed by atoms with Crippen molar-refractivity contribution in [2.24, 2.45) is 5.41 Å². The number of rotatable bonds is 12. The molecular formula is C25H35NO3. The molecule has 158 valence electrons. The highest BCUT2D eigenvalue weighted by Gasteiger charge is 2.29. The molecule has 4 nitrogen and oxygen atoms in total. The molecule has 0 bridgehead atoms. The molecular weight excluding hydrogens is 362 g/mol. The Hall–Kier alpha value is -2.23. The molecule has 0 heterocycles. The lowest BCUT2D eigenvalue weighted by molar-refractivity contribution is -0.121. The van der Waals surface area contributed by atoms with E-state index in [4.69, 9.17) is 0 Å². The zero-order chi connectivity index (χ0) is 21.3. The van der Waals surface area contributed by atoms with Gasteiger partial charge < -0.3 is 5.32 Å². The number of amides is 1. The largest absolute Gasteiger partial charge is 0.356 e. The minimum absolute atomic E-state index is 0.0667. The third-order valence-corrected chi connectivity index (χ3v) is 5.47. The lowest BCUT2D eigenvalue weighted by atomic mass is 9.79. The molecule has 1 aliphatic rings. The van der Waals surface area contributed by atoms with Crippen LogP contribution in [0.2, 0.25) is 0 Å². The Morgan fingerprint density at radius 3 is 2.24 bits per heavy atom. The van der Waals surface area contributed by atoms with Gasteiger partial charge in [0.1, 0.15) is 0 Å². The van der Waals surface area contributed by atoms with Crippen LogP contribution < -0.4 is 5.32 Å². The summed E-state index contributed by atoms with van der Waals surface area (Å²) in [5.74, 6) is -0.131. The van der Waals surface area contributed by atoms with E-state index in [0.717, 1.165) is 12.8 Å². The second kappa shape index (κ2) is 11.1. The average molecular weight is 398 g/mol. The Morgan fingerprint density at radius 2 is 1.55 bits per heavy atom. The number of carbonyl (C=O) groups excluding carboxylic acids is 3. The summed E-state index contributed by atoms with van der Waals surface area (Å²) in [5, 5.41) is 3.01. The fourth-order valence-electron chi connectivity index (χ4n) is 3.75. The smallest absolute Gasteiger partial charge is 0.220 e. The van der Waals surface area contributed by atoms with Gasteiger partial charge in [-0.2, -0.15) is 0 Å². The van der Waals surface area contributed by atoms with Crippen LogP contribution in [0.25, 0.3) is 0 Å². The predicted molar refractivity (Wildman–Crippen MR) is 117 cm³/mol. The molecule has 4 heteroatoms. The first-order valence-electron chi connectivity index (χ1n) is 11.0. The SMILES string of the molecule is CCCCCCCCCC(=O)NCC(C)(C)CC1=CC(=O)c2ccccc2C1=O. The monoisotopic (exact) mass is 397 g/mol. The molecule has 1 aromatic carbocycles. The normalized spacial score (nSPS) is 13.8. The lowest BCUT2D eigenvalue weighted by Crippen LogP contribution is -2.35. The van der Waals surface area contributed by atoms with E-state index < -0.39 is 0 Å². The first-order valence-corrected chi connectivity index (χ1v) is 11.0.